The van der Waals surface area contributed by atoms with Gasteiger partial charge < -0.3 is 15.2 Å². The summed E-state index contributed by atoms with van der Waals surface area (Å²) < 4.78 is 10.9. The molecule has 0 aliphatic carbocycles. The van der Waals surface area contributed by atoms with Gasteiger partial charge in [-0.25, -0.2) is 0 Å². The highest BCUT2D eigenvalue weighted by Crippen LogP contribution is 2.29. The quantitative estimate of drug-likeness (QED) is 0.519. The maximum absolute atomic E-state index is 10.8. The Balaban J connectivity index is 2.20. The molecule has 2 rings (SSSR count). The van der Waals surface area contributed by atoms with Crippen LogP contribution in [0.1, 0.15) is 11.1 Å². The first kappa shape index (κ1) is 14.6. The molecule has 6 nitrogen and oxygen atoms in total. The number of ether oxygens (including phenoxy) is 2. The summed E-state index contributed by atoms with van der Waals surface area (Å²) in [6.45, 7) is 2.08. The number of nitrogen functional groups attached to an aromatic ring is 1. The van der Waals surface area contributed by atoms with E-state index in [9.17, 15) is 10.1 Å². The summed E-state index contributed by atoms with van der Waals surface area (Å²) in [7, 11) is 1.56. The highest BCUT2D eigenvalue weighted by atomic mass is 16.6. The van der Waals surface area contributed by atoms with Crippen molar-refractivity contribution in [2.75, 3.05) is 12.8 Å². The van der Waals surface area contributed by atoms with Gasteiger partial charge in [-0.05, 0) is 30.7 Å². The van der Waals surface area contributed by atoms with Gasteiger partial charge >= 0.3 is 0 Å². The minimum absolute atomic E-state index is 0.0151. The van der Waals surface area contributed by atoms with Crippen molar-refractivity contribution < 1.29 is 14.4 Å². The predicted molar refractivity (Wildman–Crippen MR) is 79.6 cm³/mol. The lowest BCUT2D eigenvalue weighted by molar-refractivity contribution is -0.384. The highest BCUT2D eigenvalue weighted by molar-refractivity contribution is 5.52. The van der Waals surface area contributed by atoms with E-state index >= 15 is 0 Å². The lowest BCUT2D eigenvalue weighted by atomic mass is 10.1. The van der Waals surface area contributed by atoms with Gasteiger partial charge in [-0.2, -0.15) is 0 Å². The van der Waals surface area contributed by atoms with Crippen molar-refractivity contribution in [3.8, 4) is 11.5 Å². The summed E-state index contributed by atoms with van der Waals surface area (Å²) in [6, 6.07) is 9.83. The zero-order valence-corrected chi connectivity index (χ0v) is 11.8. The number of benzene rings is 2. The summed E-state index contributed by atoms with van der Waals surface area (Å²) in [5.74, 6) is 1.17. The molecule has 0 saturated carbocycles. The molecule has 0 aromatic heterocycles. The van der Waals surface area contributed by atoms with E-state index < -0.39 is 4.92 Å². The first-order valence-corrected chi connectivity index (χ1v) is 6.31. The van der Waals surface area contributed by atoms with Crippen molar-refractivity contribution in [3.05, 3.63) is 57.6 Å². The smallest absolute Gasteiger partial charge is 0.269 e. The summed E-state index contributed by atoms with van der Waals surface area (Å²) in [5, 5.41) is 10.8. The maximum Gasteiger partial charge on any atom is 0.269 e. The third-order valence-electron chi connectivity index (χ3n) is 3.04. The number of nitro groups is 1. The van der Waals surface area contributed by atoms with Gasteiger partial charge in [-0.15, -0.1) is 0 Å². The number of hydrogen-bond donors (Lipinski definition) is 1. The van der Waals surface area contributed by atoms with E-state index in [1.807, 2.05) is 19.1 Å². The number of methoxy groups -OCH3 is 1. The van der Waals surface area contributed by atoms with E-state index in [1.165, 1.54) is 18.2 Å². The first-order valence-electron chi connectivity index (χ1n) is 6.31. The van der Waals surface area contributed by atoms with Crippen LogP contribution < -0.4 is 15.2 Å². The Morgan fingerprint density at radius 3 is 2.62 bits per heavy atom. The molecule has 0 unspecified atom stereocenters. The van der Waals surface area contributed by atoms with Gasteiger partial charge in [0.2, 0.25) is 0 Å². The Morgan fingerprint density at radius 2 is 1.95 bits per heavy atom. The molecule has 0 heterocycles. The fourth-order valence-electron chi connectivity index (χ4n) is 1.88. The van der Waals surface area contributed by atoms with Crippen molar-refractivity contribution in [1.29, 1.82) is 0 Å². The van der Waals surface area contributed by atoms with Crippen LogP contribution in [0.2, 0.25) is 0 Å². The van der Waals surface area contributed by atoms with E-state index in [2.05, 4.69) is 0 Å². The molecule has 0 radical (unpaired) electrons. The average Bonchev–Trinajstić information content (AvgIpc) is 2.47. The van der Waals surface area contributed by atoms with E-state index in [-0.39, 0.29) is 12.3 Å². The molecule has 0 spiro atoms. The Kier molecular flexibility index (Phi) is 4.27. The van der Waals surface area contributed by atoms with Gasteiger partial charge in [-0.3, -0.25) is 10.1 Å². The third-order valence-corrected chi connectivity index (χ3v) is 3.04. The third kappa shape index (κ3) is 3.42. The Labute approximate surface area is 122 Å². The molecule has 21 heavy (non-hydrogen) atoms. The van der Waals surface area contributed by atoms with Gasteiger partial charge in [0.25, 0.3) is 5.69 Å². The number of anilines is 1. The van der Waals surface area contributed by atoms with Crippen molar-refractivity contribution >= 4 is 11.4 Å². The van der Waals surface area contributed by atoms with Gasteiger partial charge in [0.05, 0.1) is 12.0 Å². The molecule has 0 fully saturated rings. The van der Waals surface area contributed by atoms with Crippen LogP contribution in [-0.2, 0) is 6.61 Å². The van der Waals surface area contributed by atoms with Crippen molar-refractivity contribution in [3.63, 3.8) is 0 Å². The van der Waals surface area contributed by atoms with E-state index in [0.717, 1.165) is 5.56 Å². The molecule has 0 amide bonds. The Morgan fingerprint density at radius 1 is 1.19 bits per heavy atom. The minimum atomic E-state index is -0.463. The number of rotatable bonds is 5. The van der Waals surface area contributed by atoms with Crippen LogP contribution in [-0.4, -0.2) is 12.0 Å². The number of nitrogens with zero attached hydrogens (tertiary/aromatic N) is 1. The molecule has 2 N–H and O–H groups in total. The summed E-state index contributed by atoms with van der Waals surface area (Å²) in [6.07, 6.45) is 0. The second-order valence-corrected chi connectivity index (χ2v) is 4.58. The van der Waals surface area contributed by atoms with Gasteiger partial charge in [0, 0.05) is 23.4 Å². The van der Waals surface area contributed by atoms with E-state index in [1.54, 1.807) is 13.2 Å². The summed E-state index contributed by atoms with van der Waals surface area (Å²) >= 11 is 0. The van der Waals surface area contributed by atoms with E-state index in [4.69, 9.17) is 15.2 Å². The second-order valence-electron chi connectivity index (χ2n) is 4.58. The fraction of sp³-hybridized carbons (Fsp3) is 0.200. The number of nitrogens with two attached hydrogens (primary N) is 1. The molecule has 110 valence electrons. The van der Waals surface area contributed by atoms with Crippen LogP contribution in [0, 0.1) is 17.0 Å². The molecular formula is C15H16N2O4. The molecule has 0 bridgehead atoms. The van der Waals surface area contributed by atoms with Crippen molar-refractivity contribution in [2.45, 2.75) is 13.5 Å². The second kappa shape index (κ2) is 6.13. The number of aryl methyl sites for hydroxylation is 1. The Bertz CT molecular complexity index is 671. The van der Waals surface area contributed by atoms with Crippen molar-refractivity contribution in [2.24, 2.45) is 0 Å². The van der Waals surface area contributed by atoms with Crippen LogP contribution >= 0.6 is 0 Å². The normalized spacial score (nSPS) is 10.2. The molecule has 0 aliphatic rings. The zero-order chi connectivity index (χ0) is 15.4. The van der Waals surface area contributed by atoms with Gasteiger partial charge in [0.1, 0.15) is 6.61 Å². The number of nitro benzene ring substituents is 1. The predicted octanol–water partition coefficient (Wildman–Crippen LogP) is 3.07. The molecule has 6 heteroatoms. The minimum Gasteiger partial charge on any atom is -0.493 e. The van der Waals surface area contributed by atoms with Crippen LogP contribution in [0.4, 0.5) is 11.4 Å². The fourth-order valence-corrected chi connectivity index (χ4v) is 1.88. The van der Waals surface area contributed by atoms with Crippen LogP contribution in [0.3, 0.4) is 0 Å². The van der Waals surface area contributed by atoms with Gasteiger partial charge in [-0.1, -0.05) is 6.07 Å². The SMILES string of the molecule is COc1cc(C)ccc1OCc1cc([N+](=O)[O-])ccc1N. The molecule has 2 aromatic rings. The van der Waals surface area contributed by atoms with E-state index in [0.29, 0.717) is 22.7 Å². The largest absolute Gasteiger partial charge is 0.493 e. The average molecular weight is 288 g/mol. The molecule has 0 saturated heterocycles. The lowest BCUT2D eigenvalue weighted by Crippen LogP contribution is -2.02. The van der Waals surface area contributed by atoms with Crippen molar-refractivity contribution in [1.82, 2.24) is 0 Å². The number of non-ortho nitro benzene ring substituents is 1. The molecule has 2 aromatic carbocycles. The summed E-state index contributed by atoms with van der Waals surface area (Å²) in [4.78, 5) is 10.3. The summed E-state index contributed by atoms with van der Waals surface area (Å²) in [5.41, 5.74) is 7.86. The van der Waals surface area contributed by atoms with Crippen LogP contribution in [0.25, 0.3) is 0 Å². The molecular weight excluding hydrogens is 272 g/mol. The topological polar surface area (TPSA) is 87.6 Å². The first-order chi connectivity index (χ1) is 10.0. The maximum atomic E-state index is 10.8. The van der Waals surface area contributed by atoms with Crippen LogP contribution in [0.5, 0.6) is 11.5 Å². The molecule has 0 atom stereocenters. The highest BCUT2D eigenvalue weighted by Gasteiger charge is 2.11. The standard InChI is InChI=1S/C15H16N2O4/c1-10-3-6-14(15(7-10)20-2)21-9-11-8-12(17(18)19)4-5-13(11)16/h3-8H,9,16H2,1-2H3. The Hall–Kier alpha value is -2.76. The van der Waals surface area contributed by atoms with Crippen LogP contribution in [0.15, 0.2) is 36.4 Å². The molecule has 0 aliphatic heterocycles. The lowest BCUT2D eigenvalue weighted by Gasteiger charge is -2.12. The zero-order valence-electron chi connectivity index (χ0n) is 11.8. The monoisotopic (exact) mass is 288 g/mol. The number of hydrogen-bond acceptors (Lipinski definition) is 5. The van der Waals surface area contributed by atoms with Gasteiger partial charge in [0.15, 0.2) is 11.5 Å².